The summed E-state index contributed by atoms with van der Waals surface area (Å²) in [5.41, 5.74) is 1.22. The van der Waals surface area contributed by atoms with Gasteiger partial charge in [-0.15, -0.1) is 0 Å². The number of rotatable bonds is 6. The van der Waals surface area contributed by atoms with Gasteiger partial charge in [0, 0.05) is 11.6 Å². The molecule has 3 N–H and O–H groups in total. The Kier molecular flexibility index (Phi) is 3.87. The summed E-state index contributed by atoms with van der Waals surface area (Å²) >= 11 is 0. The van der Waals surface area contributed by atoms with Gasteiger partial charge in [0.15, 0.2) is 0 Å². The maximum absolute atomic E-state index is 12.0. The molecule has 1 saturated carbocycles. The molecule has 1 fully saturated rings. The number of carbonyl (C=O) groups excluding carboxylic acids is 1. The van der Waals surface area contributed by atoms with Crippen LogP contribution < -0.4 is 5.32 Å². The molecule has 0 spiro atoms. The summed E-state index contributed by atoms with van der Waals surface area (Å²) in [7, 11) is 0. The van der Waals surface area contributed by atoms with E-state index >= 15 is 0 Å². The summed E-state index contributed by atoms with van der Waals surface area (Å²) in [5.74, 6) is -1.08. The van der Waals surface area contributed by atoms with Crippen LogP contribution in [0.5, 0.6) is 0 Å². The lowest BCUT2D eigenvalue weighted by atomic mass is 9.99. The zero-order valence-corrected chi connectivity index (χ0v) is 11.1. The SMILES string of the molecule is CC[C@H](C)[C@H](NC(=O)c1cc(C2CC2)[nH]n1)C(=O)O. The van der Waals surface area contributed by atoms with E-state index in [0.29, 0.717) is 12.3 Å². The summed E-state index contributed by atoms with van der Waals surface area (Å²) < 4.78 is 0. The third kappa shape index (κ3) is 3.13. The molecule has 0 unspecified atom stereocenters. The monoisotopic (exact) mass is 265 g/mol. The Balaban J connectivity index is 2.03. The first-order valence-electron chi connectivity index (χ1n) is 6.61. The first-order chi connectivity index (χ1) is 9.02. The van der Waals surface area contributed by atoms with E-state index in [-0.39, 0.29) is 11.6 Å². The quantitative estimate of drug-likeness (QED) is 0.726. The lowest BCUT2D eigenvalue weighted by molar-refractivity contribution is -0.140. The number of nitrogens with zero attached hydrogens (tertiary/aromatic N) is 1. The van der Waals surface area contributed by atoms with Crippen LogP contribution in [0.15, 0.2) is 6.07 Å². The van der Waals surface area contributed by atoms with Gasteiger partial charge in [0.1, 0.15) is 11.7 Å². The third-order valence-corrected chi connectivity index (χ3v) is 3.61. The van der Waals surface area contributed by atoms with Crippen molar-refractivity contribution in [3.63, 3.8) is 0 Å². The van der Waals surface area contributed by atoms with Gasteiger partial charge in [0.05, 0.1) is 0 Å². The Bertz CT molecular complexity index is 479. The van der Waals surface area contributed by atoms with Crippen LogP contribution >= 0.6 is 0 Å². The number of aromatic amines is 1. The van der Waals surface area contributed by atoms with Crippen LogP contribution in [0.2, 0.25) is 0 Å². The zero-order chi connectivity index (χ0) is 14.0. The van der Waals surface area contributed by atoms with E-state index in [1.165, 1.54) is 0 Å². The first-order valence-corrected chi connectivity index (χ1v) is 6.61. The standard InChI is InChI=1S/C13H19N3O3/c1-3-7(2)11(13(18)19)14-12(17)10-6-9(15-16-10)8-4-5-8/h6-8,11H,3-5H2,1-2H3,(H,14,17)(H,15,16)(H,18,19)/t7-,11-/m0/s1. The Morgan fingerprint density at radius 1 is 1.58 bits per heavy atom. The van der Waals surface area contributed by atoms with Gasteiger partial charge in [-0.25, -0.2) is 4.79 Å². The maximum atomic E-state index is 12.0. The molecule has 19 heavy (non-hydrogen) atoms. The van der Waals surface area contributed by atoms with E-state index in [9.17, 15) is 9.59 Å². The number of aliphatic carboxylic acids is 1. The van der Waals surface area contributed by atoms with Crippen molar-refractivity contribution < 1.29 is 14.7 Å². The highest BCUT2D eigenvalue weighted by atomic mass is 16.4. The number of carboxylic acid groups (broad SMARTS) is 1. The fourth-order valence-corrected chi connectivity index (χ4v) is 1.95. The minimum atomic E-state index is -1.01. The number of carboxylic acids is 1. The average Bonchev–Trinajstić information content (AvgIpc) is 3.12. The lowest BCUT2D eigenvalue weighted by Gasteiger charge is -2.19. The normalized spacial score (nSPS) is 17.8. The second kappa shape index (κ2) is 5.42. The summed E-state index contributed by atoms with van der Waals surface area (Å²) in [4.78, 5) is 23.1. The highest BCUT2D eigenvalue weighted by molar-refractivity contribution is 5.95. The average molecular weight is 265 g/mol. The number of nitrogens with one attached hydrogen (secondary N) is 2. The molecule has 2 rings (SSSR count). The second-order valence-electron chi connectivity index (χ2n) is 5.16. The van der Waals surface area contributed by atoms with Gasteiger partial charge in [0.2, 0.25) is 0 Å². The van der Waals surface area contributed by atoms with Crippen molar-refractivity contribution in [1.29, 1.82) is 0 Å². The number of amides is 1. The highest BCUT2D eigenvalue weighted by Crippen LogP contribution is 2.38. The molecule has 0 saturated heterocycles. The fraction of sp³-hybridized carbons (Fsp3) is 0.615. The van der Waals surface area contributed by atoms with Gasteiger partial charge in [-0.1, -0.05) is 20.3 Å². The molecule has 0 radical (unpaired) electrons. The number of aromatic nitrogens is 2. The molecule has 6 heteroatoms. The van der Waals surface area contributed by atoms with Crippen LogP contribution in [0.4, 0.5) is 0 Å². The topological polar surface area (TPSA) is 95.1 Å². The molecule has 2 atom stereocenters. The Morgan fingerprint density at radius 2 is 2.26 bits per heavy atom. The Morgan fingerprint density at radius 3 is 2.79 bits per heavy atom. The van der Waals surface area contributed by atoms with Gasteiger partial charge in [-0.05, 0) is 24.8 Å². The molecule has 1 aromatic heterocycles. The van der Waals surface area contributed by atoms with Gasteiger partial charge in [0.25, 0.3) is 5.91 Å². The Labute approximate surface area is 111 Å². The maximum Gasteiger partial charge on any atom is 0.326 e. The summed E-state index contributed by atoms with van der Waals surface area (Å²) in [6.45, 7) is 3.70. The molecule has 104 valence electrons. The number of H-pyrrole nitrogens is 1. The van der Waals surface area contributed by atoms with Crippen molar-refractivity contribution in [2.45, 2.75) is 45.1 Å². The summed E-state index contributed by atoms with van der Waals surface area (Å²) in [5, 5.41) is 18.4. The van der Waals surface area contributed by atoms with Gasteiger partial charge in [-0.3, -0.25) is 9.89 Å². The molecule has 1 heterocycles. The largest absolute Gasteiger partial charge is 0.480 e. The highest BCUT2D eigenvalue weighted by Gasteiger charge is 2.29. The lowest BCUT2D eigenvalue weighted by Crippen LogP contribution is -2.45. The van der Waals surface area contributed by atoms with Crippen molar-refractivity contribution in [2.24, 2.45) is 5.92 Å². The molecule has 1 aliphatic carbocycles. The first kappa shape index (κ1) is 13.6. The van der Waals surface area contributed by atoms with Crippen LogP contribution in [0.1, 0.15) is 55.2 Å². The molecule has 6 nitrogen and oxygen atoms in total. The van der Waals surface area contributed by atoms with Gasteiger partial charge in [-0.2, -0.15) is 5.10 Å². The van der Waals surface area contributed by atoms with E-state index in [1.54, 1.807) is 13.0 Å². The van der Waals surface area contributed by atoms with Crippen molar-refractivity contribution in [3.05, 3.63) is 17.5 Å². The summed E-state index contributed by atoms with van der Waals surface area (Å²) in [6.07, 6.45) is 2.92. The minimum absolute atomic E-state index is 0.122. The van der Waals surface area contributed by atoms with E-state index in [1.807, 2.05) is 6.92 Å². The number of hydrogen-bond acceptors (Lipinski definition) is 3. The predicted octanol–water partition coefficient (Wildman–Crippen LogP) is 1.52. The van der Waals surface area contributed by atoms with Crippen molar-refractivity contribution >= 4 is 11.9 Å². The predicted molar refractivity (Wildman–Crippen MR) is 68.9 cm³/mol. The molecule has 1 aromatic rings. The second-order valence-corrected chi connectivity index (χ2v) is 5.16. The number of hydrogen-bond donors (Lipinski definition) is 3. The molecule has 0 bridgehead atoms. The van der Waals surface area contributed by atoms with Crippen LogP contribution in [0, 0.1) is 5.92 Å². The van der Waals surface area contributed by atoms with Crippen LogP contribution in [0.3, 0.4) is 0 Å². The smallest absolute Gasteiger partial charge is 0.326 e. The van der Waals surface area contributed by atoms with Gasteiger partial charge >= 0.3 is 5.97 Å². The van der Waals surface area contributed by atoms with E-state index in [4.69, 9.17) is 5.11 Å². The van der Waals surface area contributed by atoms with Crippen LogP contribution in [-0.2, 0) is 4.79 Å². The van der Waals surface area contributed by atoms with E-state index < -0.39 is 17.9 Å². The van der Waals surface area contributed by atoms with Crippen molar-refractivity contribution in [2.75, 3.05) is 0 Å². The fourth-order valence-electron chi connectivity index (χ4n) is 1.95. The van der Waals surface area contributed by atoms with Gasteiger partial charge < -0.3 is 10.4 Å². The molecule has 1 aliphatic rings. The molecular formula is C13H19N3O3. The van der Waals surface area contributed by atoms with E-state index in [2.05, 4.69) is 15.5 Å². The Hall–Kier alpha value is -1.85. The molecule has 0 aromatic carbocycles. The summed E-state index contributed by atoms with van der Waals surface area (Å²) in [6, 6.07) is 0.835. The van der Waals surface area contributed by atoms with Crippen LogP contribution in [0.25, 0.3) is 0 Å². The molecule has 1 amide bonds. The zero-order valence-electron chi connectivity index (χ0n) is 11.1. The third-order valence-electron chi connectivity index (χ3n) is 3.61. The van der Waals surface area contributed by atoms with Crippen LogP contribution in [-0.4, -0.2) is 33.2 Å². The van der Waals surface area contributed by atoms with E-state index in [0.717, 1.165) is 18.5 Å². The van der Waals surface area contributed by atoms with Crippen molar-refractivity contribution in [3.8, 4) is 0 Å². The van der Waals surface area contributed by atoms with Crippen molar-refractivity contribution in [1.82, 2.24) is 15.5 Å². The molecule has 0 aliphatic heterocycles. The minimum Gasteiger partial charge on any atom is -0.480 e. The molecular weight excluding hydrogens is 246 g/mol. The number of carbonyl (C=O) groups is 2.